The third-order valence-corrected chi connectivity index (χ3v) is 5.21. The third kappa shape index (κ3) is 6.38. The smallest absolute Gasteiger partial charge is 0.250 e. The van der Waals surface area contributed by atoms with Gasteiger partial charge in [0.05, 0.1) is 23.0 Å². The van der Waals surface area contributed by atoms with Crippen molar-refractivity contribution in [2.24, 2.45) is 5.10 Å². The topological polar surface area (TPSA) is 50.7 Å². The summed E-state index contributed by atoms with van der Waals surface area (Å²) in [6.45, 7) is 1.84. The largest absolute Gasteiger partial charge is 0.496 e. The van der Waals surface area contributed by atoms with Crippen molar-refractivity contribution >= 4 is 50.9 Å². The molecule has 132 valence electrons. The molecule has 0 saturated heterocycles. The molecule has 0 aliphatic heterocycles. The van der Waals surface area contributed by atoms with Crippen molar-refractivity contribution in [2.75, 3.05) is 12.9 Å². The van der Waals surface area contributed by atoms with E-state index in [1.165, 1.54) is 11.8 Å². The molecule has 0 bridgehead atoms. The van der Waals surface area contributed by atoms with Crippen LogP contribution in [0.4, 0.5) is 0 Å². The lowest BCUT2D eigenvalue weighted by molar-refractivity contribution is -0.118. The van der Waals surface area contributed by atoms with E-state index in [1.807, 2.05) is 49.4 Å². The molecular formula is C18H18BrClN2O2S. The van der Waals surface area contributed by atoms with Crippen LogP contribution in [0.5, 0.6) is 5.75 Å². The Balaban J connectivity index is 1.82. The second-order valence-electron chi connectivity index (χ2n) is 5.20. The maximum atomic E-state index is 11.9. The molecular weight excluding hydrogens is 424 g/mol. The van der Waals surface area contributed by atoms with Crippen molar-refractivity contribution in [3.05, 3.63) is 63.1 Å². The van der Waals surface area contributed by atoms with E-state index in [0.717, 1.165) is 32.8 Å². The summed E-state index contributed by atoms with van der Waals surface area (Å²) in [5.41, 5.74) is 5.34. The lowest BCUT2D eigenvalue weighted by atomic mass is 10.1. The van der Waals surface area contributed by atoms with Gasteiger partial charge in [-0.15, -0.1) is 11.8 Å². The molecule has 2 aromatic rings. The number of amides is 1. The Morgan fingerprint density at radius 1 is 1.28 bits per heavy atom. The van der Waals surface area contributed by atoms with Gasteiger partial charge in [0.15, 0.2) is 0 Å². The number of hydrogen-bond acceptors (Lipinski definition) is 4. The molecule has 2 aromatic carbocycles. The number of nitrogens with zero attached hydrogens (tertiary/aromatic N) is 1. The standard InChI is InChI=1S/C18H18BrClN2O2S/c1-12(14-5-8-17(24-2)16(19)9-14)21-22-18(23)11-25-10-13-3-6-15(20)7-4-13/h3-9H,10-11H2,1-2H3,(H,22,23)/b21-12-. The Kier molecular flexibility index (Phi) is 7.81. The molecule has 0 aromatic heterocycles. The van der Waals surface area contributed by atoms with Crippen molar-refractivity contribution < 1.29 is 9.53 Å². The van der Waals surface area contributed by atoms with E-state index >= 15 is 0 Å². The average molecular weight is 442 g/mol. The van der Waals surface area contributed by atoms with Crippen LogP contribution in [0, 0.1) is 0 Å². The summed E-state index contributed by atoms with van der Waals surface area (Å²) in [5, 5.41) is 4.86. The zero-order valence-electron chi connectivity index (χ0n) is 13.9. The molecule has 2 rings (SSSR count). The number of carbonyl (C=O) groups is 1. The van der Waals surface area contributed by atoms with E-state index in [-0.39, 0.29) is 5.91 Å². The highest BCUT2D eigenvalue weighted by atomic mass is 79.9. The summed E-state index contributed by atoms with van der Waals surface area (Å²) < 4.78 is 6.04. The summed E-state index contributed by atoms with van der Waals surface area (Å²) in [6.07, 6.45) is 0. The zero-order chi connectivity index (χ0) is 18.2. The number of thioether (sulfide) groups is 1. The fraction of sp³-hybridized carbons (Fsp3) is 0.222. The minimum Gasteiger partial charge on any atom is -0.496 e. The lowest BCUT2D eigenvalue weighted by Gasteiger charge is -2.07. The molecule has 0 aliphatic rings. The Bertz CT molecular complexity index is 766. The average Bonchev–Trinajstić information content (AvgIpc) is 2.61. The van der Waals surface area contributed by atoms with Gasteiger partial charge in [0.2, 0.25) is 5.91 Å². The number of ether oxygens (including phenoxy) is 1. The van der Waals surface area contributed by atoms with Crippen LogP contribution in [0.25, 0.3) is 0 Å². The van der Waals surface area contributed by atoms with Gasteiger partial charge in [0, 0.05) is 10.8 Å². The number of carbonyl (C=O) groups excluding carboxylic acids is 1. The van der Waals surface area contributed by atoms with Gasteiger partial charge in [0.1, 0.15) is 5.75 Å². The minimum atomic E-state index is -0.133. The van der Waals surface area contributed by atoms with Crippen LogP contribution in [-0.2, 0) is 10.5 Å². The van der Waals surface area contributed by atoms with Gasteiger partial charge in [0.25, 0.3) is 0 Å². The van der Waals surface area contributed by atoms with Crippen molar-refractivity contribution in [3.8, 4) is 5.75 Å². The number of hydrazone groups is 1. The Hall–Kier alpha value is -1.50. The molecule has 0 aliphatic carbocycles. The van der Waals surface area contributed by atoms with Crippen LogP contribution in [0.2, 0.25) is 5.02 Å². The molecule has 0 unspecified atom stereocenters. The Labute approximate surface area is 165 Å². The highest BCUT2D eigenvalue weighted by Gasteiger charge is 2.05. The quantitative estimate of drug-likeness (QED) is 0.492. The van der Waals surface area contributed by atoms with E-state index in [4.69, 9.17) is 16.3 Å². The van der Waals surface area contributed by atoms with Gasteiger partial charge in [-0.05, 0) is 64.3 Å². The normalized spacial score (nSPS) is 11.3. The number of hydrogen-bond donors (Lipinski definition) is 1. The number of nitrogens with one attached hydrogen (secondary N) is 1. The van der Waals surface area contributed by atoms with Crippen LogP contribution >= 0.6 is 39.3 Å². The van der Waals surface area contributed by atoms with E-state index in [2.05, 4.69) is 26.5 Å². The summed E-state index contributed by atoms with van der Waals surface area (Å²) in [4.78, 5) is 11.9. The molecule has 0 radical (unpaired) electrons. The number of methoxy groups -OCH3 is 1. The van der Waals surface area contributed by atoms with Crippen LogP contribution in [0.15, 0.2) is 52.0 Å². The first-order valence-corrected chi connectivity index (χ1v) is 9.81. The lowest BCUT2D eigenvalue weighted by Crippen LogP contribution is -2.21. The molecule has 0 atom stereocenters. The predicted octanol–water partition coefficient (Wildman–Crippen LogP) is 4.88. The molecule has 0 heterocycles. The molecule has 7 heteroatoms. The first-order valence-electron chi connectivity index (χ1n) is 7.49. The van der Waals surface area contributed by atoms with Gasteiger partial charge < -0.3 is 4.74 Å². The fourth-order valence-corrected chi connectivity index (χ4v) is 3.42. The maximum absolute atomic E-state index is 11.9. The van der Waals surface area contributed by atoms with Crippen molar-refractivity contribution in [1.82, 2.24) is 5.43 Å². The predicted molar refractivity (Wildman–Crippen MR) is 109 cm³/mol. The van der Waals surface area contributed by atoms with E-state index in [1.54, 1.807) is 7.11 Å². The molecule has 25 heavy (non-hydrogen) atoms. The van der Waals surface area contributed by atoms with Gasteiger partial charge in [-0.1, -0.05) is 23.7 Å². The number of rotatable bonds is 7. The second kappa shape index (κ2) is 9.85. The molecule has 1 amide bonds. The van der Waals surface area contributed by atoms with Crippen LogP contribution < -0.4 is 10.2 Å². The molecule has 0 spiro atoms. The SMILES string of the molecule is COc1ccc(/C(C)=N\NC(=O)CSCc2ccc(Cl)cc2)cc1Br. The zero-order valence-corrected chi connectivity index (χ0v) is 17.0. The van der Waals surface area contributed by atoms with Gasteiger partial charge in [-0.25, -0.2) is 5.43 Å². The highest BCUT2D eigenvalue weighted by Crippen LogP contribution is 2.25. The molecule has 4 nitrogen and oxygen atoms in total. The number of halogens is 2. The van der Waals surface area contributed by atoms with Gasteiger partial charge >= 0.3 is 0 Å². The van der Waals surface area contributed by atoms with E-state index in [0.29, 0.717) is 10.8 Å². The van der Waals surface area contributed by atoms with Gasteiger partial charge in [-0.3, -0.25) is 4.79 Å². The Morgan fingerprint density at radius 3 is 2.64 bits per heavy atom. The molecule has 0 fully saturated rings. The monoisotopic (exact) mass is 440 g/mol. The summed E-state index contributed by atoms with van der Waals surface area (Å²) in [6, 6.07) is 13.2. The van der Waals surface area contributed by atoms with Gasteiger partial charge in [-0.2, -0.15) is 5.10 Å². The maximum Gasteiger partial charge on any atom is 0.250 e. The first kappa shape index (κ1) is 19.8. The van der Waals surface area contributed by atoms with Crippen molar-refractivity contribution in [3.63, 3.8) is 0 Å². The Morgan fingerprint density at radius 2 is 2.00 bits per heavy atom. The van der Waals surface area contributed by atoms with E-state index in [9.17, 15) is 4.79 Å². The third-order valence-electron chi connectivity index (χ3n) is 3.33. The van der Waals surface area contributed by atoms with Crippen LogP contribution in [0.3, 0.4) is 0 Å². The second-order valence-corrected chi connectivity index (χ2v) is 7.48. The van der Waals surface area contributed by atoms with Crippen LogP contribution in [0.1, 0.15) is 18.1 Å². The van der Waals surface area contributed by atoms with E-state index < -0.39 is 0 Å². The highest BCUT2D eigenvalue weighted by molar-refractivity contribution is 9.10. The van der Waals surface area contributed by atoms with Crippen molar-refractivity contribution in [2.45, 2.75) is 12.7 Å². The van der Waals surface area contributed by atoms with Crippen LogP contribution in [-0.4, -0.2) is 24.5 Å². The first-order chi connectivity index (χ1) is 12.0. The fourth-order valence-electron chi connectivity index (χ4n) is 1.98. The molecule has 0 saturated carbocycles. The summed E-state index contributed by atoms with van der Waals surface area (Å²) >= 11 is 10.8. The summed E-state index contributed by atoms with van der Waals surface area (Å²) in [7, 11) is 1.61. The summed E-state index contributed by atoms with van der Waals surface area (Å²) in [5.74, 6) is 1.70. The number of benzene rings is 2. The van der Waals surface area contributed by atoms with Crippen molar-refractivity contribution in [1.29, 1.82) is 0 Å². The molecule has 1 N–H and O–H groups in total. The minimum absolute atomic E-state index is 0.133.